The minimum absolute atomic E-state index is 0.175. The number of hydrogen-bond donors (Lipinski definition) is 0. The number of hydrogen-bond acceptors (Lipinski definition) is 3. The van der Waals surface area contributed by atoms with Gasteiger partial charge in [0.05, 0.1) is 4.92 Å². The largest absolute Gasteiger partial charge is 0.336 e. The van der Waals surface area contributed by atoms with Crippen molar-refractivity contribution in [2.75, 3.05) is 6.54 Å². The van der Waals surface area contributed by atoms with Crippen LogP contribution in [0.15, 0.2) is 18.2 Å². The number of nitrogens with zero attached hydrogens (tertiary/aromatic N) is 2. The maximum Gasteiger partial charge on any atom is 0.304 e. The lowest BCUT2D eigenvalue weighted by Crippen LogP contribution is -2.34. The highest BCUT2D eigenvalue weighted by Gasteiger charge is 2.33. The van der Waals surface area contributed by atoms with Gasteiger partial charge in [0.1, 0.15) is 0 Å². The fraction of sp³-hybridized carbons (Fsp3) is 0.533. The van der Waals surface area contributed by atoms with Crippen molar-refractivity contribution in [2.24, 2.45) is 5.92 Å². The Bertz CT molecular complexity index is 556. The second-order valence-electron chi connectivity index (χ2n) is 5.84. The van der Waals surface area contributed by atoms with E-state index in [4.69, 9.17) is 0 Å². The van der Waals surface area contributed by atoms with E-state index in [9.17, 15) is 19.3 Å². The molecular formula is C15H19FN2O3. The van der Waals surface area contributed by atoms with Gasteiger partial charge in [-0.1, -0.05) is 13.8 Å². The number of amides is 1. The van der Waals surface area contributed by atoms with Crippen LogP contribution in [0.3, 0.4) is 0 Å². The van der Waals surface area contributed by atoms with Crippen molar-refractivity contribution in [1.29, 1.82) is 0 Å². The van der Waals surface area contributed by atoms with Crippen LogP contribution in [0.1, 0.15) is 43.5 Å². The SMILES string of the molecule is CC(C)CCN(C(=O)c1ccc([N+](=O)[O-])c(F)c1)C1CC1. The summed E-state index contributed by atoms with van der Waals surface area (Å²) in [5.74, 6) is -0.731. The predicted molar refractivity (Wildman–Crippen MR) is 76.6 cm³/mol. The summed E-state index contributed by atoms with van der Waals surface area (Å²) < 4.78 is 13.6. The summed E-state index contributed by atoms with van der Waals surface area (Å²) in [5, 5.41) is 10.6. The Morgan fingerprint density at radius 2 is 2.14 bits per heavy atom. The second kappa shape index (κ2) is 6.20. The summed E-state index contributed by atoms with van der Waals surface area (Å²) in [5.41, 5.74) is -0.430. The first kappa shape index (κ1) is 15.4. The molecule has 1 saturated carbocycles. The quantitative estimate of drug-likeness (QED) is 0.596. The van der Waals surface area contributed by atoms with E-state index in [1.165, 1.54) is 6.07 Å². The van der Waals surface area contributed by atoms with Gasteiger partial charge in [-0.15, -0.1) is 0 Å². The Labute approximate surface area is 122 Å². The molecule has 1 aromatic rings. The molecule has 0 atom stereocenters. The van der Waals surface area contributed by atoms with Crippen molar-refractivity contribution in [2.45, 2.75) is 39.2 Å². The molecule has 0 unspecified atom stereocenters. The molecule has 1 aromatic carbocycles. The van der Waals surface area contributed by atoms with Crippen LogP contribution in [0, 0.1) is 21.8 Å². The van der Waals surface area contributed by atoms with E-state index >= 15 is 0 Å². The van der Waals surface area contributed by atoms with Gasteiger partial charge in [-0.2, -0.15) is 4.39 Å². The highest BCUT2D eigenvalue weighted by Crippen LogP contribution is 2.29. The molecule has 0 heterocycles. The van der Waals surface area contributed by atoms with Crippen LogP contribution in [-0.2, 0) is 0 Å². The molecular weight excluding hydrogens is 275 g/mol. The van der Waals surface area contributed by atoms with Crippen molar-refractivity contribution in [3.05, 3.63) is 39.7 Å². The Morgan fingerprint density at radius 3 is 2.62 bits per heavy atom. The number of rotatable bonds is 6. The third-order valence-electron chi connectivity index (χ3n) is 3.59. The fourth-order valence-electron chi connectivity index (χ4n) is 2.19. The zero-order valence-electron chi connectivity index (χ0n) is 12.2. The number of benzene rings is 1. The van der Waals surface area contributed by atoms with Gasteiger partial charge in [0.25, 0.3) is 5.91 Å². The molecule has 0 radical (unpaired) electrons. The van der Waals surface area contributed by atoms with Crippen LogP contribution in [0.5, 0.6) is 0 Å². The van der Waals surface area contributed by atoms with Gasteiger partial charge in [-0.3, -0.25) is 14.9 Å². The number of nitro groups is 1. The van der Waals surface area contributed by atoms with E-state index < -0.39 is 16.4 Å². The van der Waals surface area contributed by atoms with E-state index in [-0.39, 0.29) is 17.5 Å². The standard InChI is InChI=1S/C15H19FN2O3/c1-10(2)7-8-17(12-4-5-12)15(19)11-3-6-14(18(20)21)13(16)9-11/h3,6,9-10,12H,4-5,7-8H2,1-2H3. The third-order valence-corrected chi connectivity index (χ3v) is 3.59. The molecule has 6 heteroatoms. The topological polar surface area (TPSA) is 63.5 Å². The monoisotopic (exact) mass is 294 g/mol. The molecule has 0 aromatic heterocycles. The molecule has 0 saturated heterocycles. The molecule has 1 amide bonds. The maximum absolute atomic E-state index is 13.6. The average Bonchev–Trinajstić information content (AvgIpc) is 3.22. The smallest absolute Gasteiger partial charge is 0.304 e. The fourth-order valence-corrected chi connectivity index (χ4v) is 2.19. The van der Waals surface area contributed by atoms with E-state index in [0.717, 1.165) is 31.4 Å². The Morgan fingerprint density at radius 1 is 1.48 bits per heavy atom. The van der Waals surface area contributed by atoms with Crippen molar-refractivity contribution in [3.63, 3.8) is 0 Å². The lowest BCUT2D eigenvalue weighted by atomic mass is 10.1. The number of halogens is 1. The molecule has 21 heavy (non-hydrogen) atoms. The zero-order valence-corrected chi connectivity index (χ0v) is 12.2. The number of carbonyl (C=O) groups excluding carboxylic acids is 1. The first-order valence-electron chi connectivity index (χ1n) is 7.15. The van der Waals surface area contributed by atoms with Gasteiger partial charge >= 0.3 is 5.69 Å². The summed E-state index contributed by atoms with van der Waals surface area (Å²) in [6.45, 7) is 4.81. The van der Waals surface area contributed by atoms with Crippen molar-refractivity contribution in [3.8, 4) is 0 Å². The van der Waals surface area contributed by atoms with E-state index in [2.05, 4.69) is 13.8 Å². The molecule has 0 bridgehead atoms. The summed E-state index contributed by atoms with van der Waals surface area (Å²) in [7, 11) is 0. The summed E-state index contributed by atoms with van der Waals surface area (Å²) in [6, 6.07) is 3.57. The lowest BCUT2D eigenvalue weighted by Gasteiger charge is -2.23. The Balaban J connectivity index is 2.16. The normalized spacial score (nSPS) is 14.3. The minimum Gasteiger partial charge on any atom is -0.336 e. The molecule has 1 aliphatic rings. The highest BCUT2D eigenvalue weighted by molar-refractivity contribution is 5.94. The second-order valence-corrected chi connectivity index (χ2v) is 5.84. The summed E-state index contributed by atoms with van der Waals surface area (Å²) in [4.78, 5) is 24.0. The van der Waals surface area contributed by atoms with Crippen LogP contribution in [0.25, 0.3) is 0 Å². The minimum atomic E-state index is -0.967. The molecule has 0 aliphatic heterocycles. The Hall–Kier alpha value is -1.98. The van der Waals surface area contributed by atoms with Crippen molar-refractivity contribution in [1.82, 2.24) is 4.90 Å². The van der Waals surface area contributed by atoms with E-state index in [1.54, 1.807) is 4.90 Å². The molecule has 114 valence electrons. The van der Waals surface area contributed by atoms with Gasteiger partial charge in [0.15, 0.2) is 0 Å². The maximum atomic E-state index is 13.6. The molecule has 2 rings (SSSR count). The highest BCUT2D eigenvalue weighted by atomic mass is 19.1. The number of nitro benzene ring substituents is 1. The molecule has 0 N–H and O–H groups in total. The van der Waals surface area contributed by atoms with Crippen LogP contribution in [0.4, 0.5) is 10.1 Å². The van der Waals surface area contributed by atoms with E-state index in [1.807, 2.05) is 0 Å². The van der Waals surface area contributed by atoms with E-state index in [0.29, 0.717) is 12.5 Å². The molecule has 0 spiro atoms. The summed E-state index contributed by atoms with van der Waals surface area (Å²) in [6.07, 6.45) is 2.83. The molecule has 1 fully saturated rings. The molecule has 5 nitrogen and oxygen atoms in total. The van der Waals surface area contributed by atoms with Gasteiger partial charge in [0.2, 0.25) is 5.82 Å². The number of carbonyl (C=O) groups is 1. The Kier molecular flexibility index (Phi) is 4.55. The zero-order chi connectivity index (χ0) is 15.6. The van der Waals surface area contributed by atoms with Crippen LogP contribution < -0.4 is 0 Å². The van der Waals surface area contributed by atoms with Gasteiger partial charge in [-0.05, 0) is 37.3 Å². The van der Waals surface area contributed by atoms with Crippen molar-refractivity contribution >= 4 is 11.6 Å². The van der Waals surface area contributed by atoms with Gasteiger partial charge < -0.3 is 4.90 Å². The van der Waals surface area contributed by atoms with Gasteiger partial charge in [-0.25, -0.2) is 0 Å². The lowest BCUT2D eigenvalue weighted by molar-refractivity contribution is -0.387. The third kappa shape index (κ3) is 3.77. The first-order chi connectivity index (χ1) is 9.90. The predicted octanol–water partition coefficient (Wildman–Crippen LogP) is 3.38. The van der Waals surface area contributed by atoms with Crippen molar-refractivity contribution < 1.29 is 14.1 Å². The van der Waals surface area contributed by atoms with Gasteiger partial charge in [0, 0.05) is 24.2 Å². The average molecular weight is 294 g/mol. The van der Waals surface area contributed by atoms with Crippen LogP contribution in [0.2, 0.25) is 0 Å². The summed E-state index contributed by atoms with van der Waals surface area (Å²) >= 11 is 0. The van der Waals surface area contributed by atoms with Crippen LogP contribution >= 0.6 is 0 Å². The van der Waals surface area contributed by atoms with Crippen LogP contribution in [-0.4, -0.2) is 28.3 Å². The first-order valence-corrected chi connectivity index (χ1v) is 7.15. The molecule has 1 aliphatic carbocycles.